The molecule has 1 aliphatic carbocycles. The van der Waals surface area contributed by atoms with Gasteiger partial charge in [-0.15, -0.1) is 0 Å². The summed E-state index contributed by atoms with van der Waals surface area (Å²) in [6.45, 7) is 6.48. The number of hydrogen-bond donors (Lipinski definition) is 2. The average Bonchev–Trinajstić information content (AvgIpc) is 2.38. The van der Waals surface area contributed by atoms with Crippen LogP contribution in [0.3, 0.4) is 0 Å². The van der Waals surface area contributed by atoms with E-state index in [0.29, 0.717) is 5.92 Å². The molecule has 0 radical (unpaired) electrons. The maximum absolute atomic E-state index is 12.6. The van der Waals surface area contributed by atoms with Crippen LogP contribution in [-0.4, -0.2) is 11.9 Å². The van der Waals surface area contributed by atoms with E-state index in [9.17, 15) is 4.79 Å². The van der Waals surface area contributed by atoms with Crippen LogP contribution in [0.15, 0.2) is 24.3 Å². The molecule has 0 spiro atoms. The number of benzene rings is 1. The van der Waals surface area contributed by atoms with Crippen molar-refractivity contribution < 1.29 is 4.79 Å². The smallest absolute Gasteiger partial charge is 0.228 e. The van der Waals surface area contributed by atoms with E-state index in [1.165, 1.54) is 0 Å². The minimum Gasteiger partial charge on any atom is -0.327 e. The zero-order valence-corrected chi connectivity index (χ0v) is 14.5. The molecule has 3 N–H and O–H groups in total. The van der Waals surface area contributed by atoms with Gasteiger partial charge in [-0.3, -0.25) is 4.79 Å². The van der Waals surface area contributed by atoms with Gasteiger partial charge in [-0.05, 0) is 71.0 Å². The van der Waals surface area contributed by atoms with Gasteiger partial charge in [0.05, 0.1) is 0 Å². The lowest BCUT2D eigenvalue weighted by molar-refractivity contribution is -0.127. The van der Waals surface area contributed by atoms with Crippen molar-refractivity contribution in [2.45, 2.75) is 39.7 Å². The summed E-state index contributed by atoms with van der Waals surface area (Å²) < 4.78 is 1.16. The first kappa shape index (κ1) is 15.8. The predicted octanol–water partition coefficient (Wildman–Crippen LogP) is 3.63. The zero-order chi connectivity index (χ0) is 14.9. The number of carbonyl (C=O) groups is 1. The zero-order valence-electron chi connectivity index (χ0n) is 12.3. The van der Waals surface area contributed by atoms with E-state index in [1.807, 2.05) is 24.3 Å². The van der Waals surface area contributed by atoms with Crippen LogP contribution >= 0.6 is 22.6 Å². The monoisotopic (exact) mass is 386 g/mol. The molecule has 20 heavy (non-hydrogen) atoms. The van der Waals surface area contributed by atoms with Crippen molar-refractivity contribution in [1.82, 2.24) is 0 Å². The lowest BCUT2D eigenvalue weighted by atomic mass is 9.61. The number of halogens is 1. The molecule has 0 aliphatic heterocycles. The van der Waals surface area contributed by atoms with E-state index in [1.54, 1.807) is 0 Å². The predicted molar refractivity (Wildman–Crippen MR) is 91.4 cm³/mol. The molecule has 110 valence electrons. The van der Waals surface area contributed by atoms with E-state index in [0.717, 1.165) is 22.1 Å². The van der Waals surface area contributed by atoms with Crippen LogP contribution < -0.4 is 11.1 Å². The summed E-state index contributed by atoms with van der Waals surface area (Å²) >= 11 is 2.26. The Morgan fingerprint density at radius 1 is 1.30 bits per heavy atom. The fraction of sp³-hybridized carbons (Fsp3) is 0.562. The third-order valence-electron chi connectivity index (χ3n) is 4.93. The topological polar surface area (TPSA) is 55.1 Å². The summed E-state index contributed by atoms with van der Waals surface area (Å²) in [5.74, 6) is 0.496. The van der Waals surface area contributed by atoms with Crippen LogP contribution in [0.5, 0.6) is 0 Å². The fourth-order valence-electron chi connectivity index (χ4n) is 3.08. The second-order valence-corrected chi connectivity index (χ2v) is 7.65. The maximum atomic E-state index is 12.6. The summed E-state index contributed by atoms with van der Waals surface area (Å²) in [6.07, 6.45) is 1.80. The van der Waals surface area contributed by atoms with E-state index >= 15 is 0 Å². The van der Waals surface area contributed by atoms with Gasteiger partial charge in [0, 0.05) is 21.2 Å². The minimum atomic E-state index is -0.0645. The Balaban J connectivity index is 2.10. The molecule has 3 unspecified atom stereocenters. The van der Waals surface area contributed by atoms with Crippen molar-refractivity contribution in [3.63, 3.8) is 0 Å². The fourth-order valence-corrected chi connectivity index (χ4v) is 3.44. The van der Waals surface area contributed by atoms with Gasteiger partial charge in [-0.2, -0.15) is 0 Å². The molecular formula is C16H23IN2O. The van der Waals surface area contributed by atoms with Gasteiger partial charge >= 0.3 is 0 Å². The highest BCUT2D eigenvalue weighted by atomic mass is 127. The van der Waals surface area contributed by atoms with Crippen LogP contribution in [0.1, 0.15) is 33.6 Å². The molecule has 1 amide bonds. The van der Waals surface area contributed by atoms with Crippen molar-refractivity contribution >= 4 is 34.2 Å². The van der Waals surface area contributed by atoms with E-state index in [2.05, 4.69) is 48.7 Å². The van der Waals surface area contributed by atoms with Gasteiger partial charge in [0.25, 0.3) is 0 Å². The number of hydrogen-bond acceptors (Lipinski definition) is 2. The van der Waals surface area contributed by atoms with Crippen LogP contribution in [0.25, 0.3) is 0 Å². The van der Waals surface area contributed by atoms with Crippen LogP contribution in [-0.2, 0) is 4.79 Å². The summed E-state index contributed by atoms with van der Waals surface area (Å²) in [5.41, 5.74) is 6.96. The van der Waals surface area contributed by atoms with Crippen molar-refractivity contribution in [2.75, 3.05) is 5.32 Å². The Labute approximate surface area is 134 Å². The molecule has 1 aromatic rings. The number of rotatable bonds is 2. The Morgan fingerprint density at radius 2 is 1.90 bits per heavy atom. The molecule has 0 bridgehead atoms. The van der Waals surface area contributed by atoms with E-state index in [-0.39, 0.29) is 23.3 Å². The second kappa shape index (κ2) is 6.02. The van der Waals surface area contributed by atoms with E-state index < -0.39 is 0 Å². The summed E-state index contributed by atoms with van der Waals surface area (Å²) in [4.78, 5) is 12.6. The first-order valence-corrected chi connectivity index (χ1v) is 8.22. The Bertz CT molecular complexity index is 484. The van der Waals surface area contributed by atoms with Crippen molar-refractivity contribution in [3.05, 3.63) is 27.8 Å². The van der Waals surface area contributed by atoms with Gasteiger partial charge in [-0.25, -0.2) is 0 Å². The Kier molecular flexibility index (Phi) is 4.74. The molecule has 0 aromatic heterocycles. The SMILES string of the molecule is CC1C(N)CCC(C(=O)Nc2ccc(I)cc2)C1(C)C. The highest BCUT2D eigenvalue weighted by Crippen LogP contribution is 2.44. The lowest BCUT2D eigenvalue weighted by Gasteiger charge is -2.46. The highest BCUT2D eigenvalue weighted by molar-refractivity contribution is 14.1. The normalized spacial score (nSPS) is 28.9. The number of anilines is 1. The van der Waals surface area contributed by atoms with Gasteiger partial charge in [0.2, 0.25) is 5.91 Å². The largest absolute Gasteiger partial charge is 0.327 e. The van der Waals surface area contributed by atoms with Crippen LogP contribution in [0.2, 0.25) is 0 Å². The van der Waals surface area contributed by atoms with Crippen LogP contribution in [0.4, 0.5) is 5.69 Å². The standard InChI is InChI=1S/C16H23IN2O/c1-10-14(18)9-8-13(16(10,2)3)15(20)19-12-6-4-11(17)5-7-12/h4-7,10,13-14H,8-9,18H2,1-3H3,(H,19,20). The third kappa shape index (κ3) is 3.17. The number of nitrogens with one attached hydrogen (secondary N) is 1. The molecule has 2 rings (SSSR count). The molecule has 3 nitrogen and oxygen atoms in total. The Hall–Kier alpha value is -0.620. The number of amides is 1. The molecule has 3 atom stereocenters. The van der Waals surface area contributed by atoms with Crippen molar-refractivity contribution in [2.24, 2.45) is 23.0 Å². The van der Waals surface area contributed by atoms with Gasteiger partial charge in [0.1, 0.15) is 0 Å². The van der Waals surface area contributed by atoms with Gasteiger partial charge in [-0.1, -0.05) is 20.8 Å². The van der Waals surface area contributed by atoms with Gasteiger partial charge in [0.15, 0.2) is 0 Å². The maximum Gasteiger partial charge on any atom is 0.228 e. The van der Waals surface area contributed by atoms with Crippen molar-refractivity contribution in [3.8, 4) is 0 Å². The molecule has 4 heteroatoms. The number of carbonyl (C=O) groups excluding carboxylic acids is 1. The van der Waals surface area contributed by atoms with E-state index in [4.69, 9.17) is 5.73 Å². The molecule has 1 saturated carbocycles. The Morgan fingerprint density at radius 3 is 2.50 bits per heavy atom. The molecule has 1 fully saturated rings. The molecule has 1 aliphatic rings. The third-order valence-corrected chi connectivity index (χ3v) is 5.65. The number of nitrogens with two attached hydrogens (primary N) is 1. The molecular weight excluding hydrogens is 363 g/mol. The summed E-state index contributed by atoms with van der Waals surface area (Å²) in [6, 6.07) is 8.10. The first-order valence-electron chi connectivity index (χ1n) is 7.14. The molecule has 0 saturated heterocycles. The molecule has 1 aromatic carbocycles. The lowest BCUT2D eigenvalue weighted by Crippen LogP contribution is -2.50. The summed E-state index contributed by atoms with van der Waals surface area (Å²) in [7, 11) is 0. The highest BCUT2D eigenvalue weighted by Gasteiger charge is 2.44. The van der Waals surface area contributed by atoms with Gasteiger partial charge < -0.3 is 11.1 Å². The van der Waals surface area contributed by atoms with Crippen molar-refractivity contribution in [1.29, 1.82) is 0 Å². The van der Waals surface area contributed by atoms with Crippen LogP contribution in [0, 0.1) is 20.8 Å². The quantitative estimate of drug-likeness (QED) is 0.763. The first-order chi connectivity index (χ1) is 9.32. The molecule has 0 heterocycles. The minimum absolute atomic E-state index is 0.0246. The average molecular weight is 386 g/mol. The summed E-state index contributed by atoms with van der Waals surface area (Å²) in [5, 5.41) is 3.05. The second-order valence-electron chi connectivity index (χ2n) is 6.40.